The Morgan fingerprint density at radius 2 is 1.21 bits per heavy atom. The molecule has 6 aromatic rings. The van der Waals surface area contributed by atoms with Gasteiger partial charge in [-0.25, -0.2) is 4.79 Å². The second kappa shape index (κ2) is 8.45. The van der Waals surface area contributed by atoms with E-state index in [1.54, 1.807) is 0 Å². The topological polar surface area (TPSA) is 30.2 Å². The van der Waals surface area contributed by atoms with Gasteiger partial charge in [0.15, 0.2) is 6.54 Å². The number of hydrogen-bond acceptors (Lipinski definition) is 2. The number of rotatable bonds is 4. The average Bonchev–Trinajstić information content (AvgIpc) is 2.89. The molecule has 3 heteroatoms. The molecule has 5 aromatic carbocycles. The maximum Gasteiger partial charge on any atom is 0.409 e. The van der Waals surface area contributed by atoms with Gasteiger partial charge in [-0.15, -0.1) is 0 Å². The Morgan fingerprint density at radius 1 is 0.618 bits per heavy atom. The Hall–Kier alpha value is -4.50. The minimum absolute atomic E-state index is 0.372. The van der Waals surface area contributed by atoms with Gasteiger partial charge in [-0.05, 0) is 29.0 Å². The van der Waals surface area contributed by atoms with Crippen molar-refractivity contribution in [2.45, 2.75) is 6.54 Å². The number of para-hydroxylation sites is 1. The molecule has 0 amide bonds. The van der Waals surface area contributed by atoms with Crippen molar-refractivity contribution in [3.05, 3.63) is 133 Å². The second-order valence-electron chi connectivity index (χ2n) is 8.39. The summed E-state index contributed by atoms with van der Waals surface area (Å²) in [5, 5.41) is 5.00. The first-order valence-electron chi connectivity index (χ1n) is 11.4. The molecule has 3 nitrogen and oxygen atoms in total. The number of fused-ring (bicyclic) bond motifs is 3. The van der Waals surface area contributed by atoms with Crippen LogP contribution in [0.4, 0.5) is 0 Å². The quantitative estimate of drug-likeness (QED) is 0.132. The number of ether oxygens (including phenoxy) is 1. The molecule has 6 rings (SSSR count). The van der Waals surface area contributed by atoms with Crippen molar-refractivity contribution in [2.24, 2.45) is 0 Å². The standard InChI is InChI=1S/C31H22NO2/c33-31(34-30-26-15-7-4-13-24(26)20-25-14-5-8-16-27(25)30)29-19-18-23-12-6-9-17-28(23)32(29)21-22-10-2-1-3-11-22/h1-20H,21H2/q+1. The number of pyridine rings is 1. The zero-order valence-corrected chi connectivity index (χ0v) is 18.5. The van der Waals surface area contributed by atoms with E-state index in [0.29, 0.717) is 18.0 Å². The van der Waals surface area contributed by atoms with Gasteiger partial charge in [0.05, 0.1) is 0 Å². The van der Waals surface area contributed by atoms with Crippen molar-refractivity contribution >= 4 is 38.4 Å². The predicted molar refractivity (Wildman–Crippen MR) is 136 cm³/mol. The number of carbonyl (C=O) groups excluding carboxylic acids is 1. The summed E-state index contributed by atoms with van der Waals surface area (Å²) in [4.78, 5) is 13.7. The van der Waals surface area contributed by atoms with Gasteiger partial charge < -0.3 is 4.74 Å². The molecule has 0 spiro atoms. The molecule has 0 radical (unpaired) electrons. The number of hydrogen-bond donors (Lipinski definition) is 0. The molecule has 0 unspecified atom stereocenters. The van der Waals surface area contributed by atoms with Crippen molar-refractivity contribution < 1.29 is 14.1 Å². The Morgan fingerprint density at radius 3 is 1.91 bits per heavy atom. The van der Waals surface area contributed by atoms with Crippen LogP contribution in [0.3, 0.4) is 0 Å². The van der Waals surface area contributed by atoms with Crippen LogP contribution in [0.2, 0.25) is 0 Å². The molecule has 0 aliphatic carbocycles. The number of benzene rings is 5. The summed E-state index contributed by atoms with van der Waals surface area (Å²) in [6.45, 7) is 0.572. The first-order chi connectivity index (χ1) is 16.8. The lowest BCUT2D eigenvalue weighted by Gasteiger charge is -2.12. The van der Waals surface area contributed by atoms with Crippen LogP contribution in [-0.4, -0.2) is 5.97 Å². The van der Waals surface area contributed by atoms with Crippen LogP contribution >= 0.6 is 0 Å². The third-order valence-electron chi connectivity index (χ3n) is 6.25. The highest BCUT2D eigenvalue weighted by molar-refractivity contribution is 6.07. The van der Waals surface area contributed by atoms with Crippen LogP contribution in [0.15, 0.2) is 121 Å². The molecule has 0 fully saturated rings. The van der Waals surface area contributed by atoms with E-state index in [0.717, 1.165) is 38.0 Å². The largest absolute Gasteiger partial charge is 0.417 e. The number of nitrogens with zero attached hydrogens (tertiary/aromatic N) is 1. The monoisotopic (exact) mass is 440 g/mol. The highest BCUT2D eigenvalue weighted by Crippen LogP contribution is 2.35. The molecule has 0 saturated carbocycles. The lowest BCUT2D eigenvalue weighted by atomic mass is 10.0. The van der Waals surface area contributed by atoms with Gasteiger partial charge in [0, 0.05) is 33.9 Å². The van der Waals surface area contributed by atoms with E-state index in [4.69, 9.17) is 4.74 Å². The van der Waals surface area contributed by atoms with E-state index in [-0.39, 0.29) is 5.97 Å². The van der Waals surface area contributed by atoms with Gasteiger partial charge in [0.25, 0.3) is 5.69 Å². The summed E-state index contributed by atoms with van der Waals surface area (Å²) < 4.78 is 8.24. The van der Waals surface area contributed by atoms with Crippen LogP contribution in [-0.2, 0) is 6.54 Å². The van der Waals surface area contributed by atoms with Gasteiger partial charge >= 0.3 is 5.97 Å². The molecule has 1 heterocycles. The summed E-state index contributed by atoms with van der Waals surface area (Å²) in [6.07, 6.45) is 0. The maximum atomic E-state index is 13.7. The molecule has 162 valence electrons. The lowest BCUT2D eigenvalue weighted by Crippen LogP contribution is -2.42. The van der Waals surface area contributed by atoms with Gasteiger partial charge in [-0.3, -0.25) is 0 Å². The third kappa shape index (κ3) is 3.57. The normalized spacial score (nSPS) is 11.2. The molecular formula is C31H22NO2+. The van der Waals surface area contributed by atoms with E-state index in [1.165, 1.54) is 0 Å². The number of aromatic nitrogens is 1. The molecule has 0 bridgehead atoms. The van der Waals surface area contributed by atoms with E-state index in [1.807, 2.05) is 102 Å². The van der Waals surface area contributed by atoms with Crippen molar-refractivity contribution in [2.75, 3.05) is 0 Å². The first-order valence-corrected chi connectivity index (χ1v) is 11.4. The molecular weight excluding hydrogens is 418 g/mol. The summed E-state index contributed by atoms with van der Waals surface area (Å²) in [5.74, 6) is 0.223. The molecule has 0 N–H and O–H groups in total. The average molecular weight is 441 g/mol. The van der Waals surface area contributed by atoms with E-state index in [9.17, 15) is 4.79 Å². The SMILES string of the molecule is O=C(Oc1c2ccccc2cc2ccccc12)c1ccc2ccccc2[n+]1Cc1ccccc1. The van der Waals surface area contributed by atoms with E-state index >= 15 is 0 Å². The van der Waals surface area contributed by atoms with Crippen molar-refractivity contribution in [1.82, 2.24) is 0 Å². The highest BCUT2D eigenvalue weighted by atomic mass is 16.5. The van der Waals surface area contributed by atoms with Crippen molar-refractivity contribution in [3.63, 3.8) is 0 Å². The zero-order valence-electron chi connectivity index (χ0n) is 18.5. The van der Waals surface area contributed by atoms with Crippen LogP contribution < -0.4 is 9.30 Å². The predicted octanol–water partition coefficient (Wildman–Crippen LogP) is 6.70. The lowest BCUT2D eigenvalue weighted by molar-refractivity contribution is -0.664. The Kier molecular flexibility index (Phi) is 5.00. The number of esters is 1. The van der Waals surface area contributed by atoms with Gasteiger partial charge in [-0.1, -0.05) is 91.0 Å². The Balaban J connectivity index is 1.51. The minimum atomic E-state index is -0.372. The van der Waals surface area contributed by atoms with Crippen molar-refractivity contribution in [3.8, 4) is 5.75 Å². The summed E-state index contributed by atoms with van der Waals surface area (Å²) >= 11 is 0. The first kappa shape index (κ1) is 20.1. The molecule has 0 saturated heterocycles. The molecule has 34 heavy (non-hydrogen) atoms. The Labute approximate surface area is 197 Å². The van der Waals surface area contributed by atoms with E-state index in [2.05, 4.69) is 24.3 Å². The molecule has 1 aromatic heterocycles. The van der Waals surface area contributed by atoms with Gasteiger partial charge in [0.2, 0.25) is 5.52 Å². The molecule has 0 aliphatic heterocycles. The fourth-order valence-corrected chi connectivity index (χ4v) is 4.60. The minimum Gasteiger partial charge on any atom is -0.417 e. The van der Waals surface area contributed by atoms with Crippen LogP contribution in [0, 0.1) is 0 Å². The second-order valence-corrected chi connectivity index (χ2v) is 8.39. The number of carbonyl (C=O) groups is 1. The summed E-state index contributed by atoms with van der Waals surface area (Å²) in [5.41, 5.74) is 2.62. The maximum absolute atomic E-state index is 13.7. The zero-order chi connectivity index (χ0) is 22.9. The summed E-state index contributed by atoms with van der Waals surface area (Å²) in [7, 11) is 0. The van der Waals surface area contributed by atoms with Crippen LogP contribution in [0.5, 0.6) is 5.75 Å². The van der Waals surface area contributed by atoms with Gasteiger partial charge in [0.1, 0.15) is 5.75 Å². The van der Waals surface area contributed by atoms with Gasteiger partial charge in [-0.2, -0.15) is 4.57 Å². The third-order valence-corrected chi connectivity index (χ3v) is 6.25. The fraction of sp³-hybridized carbons (Fsp3) is 0.0323. The highest BCUT2D eigenvalue weighted by Gasteiger charge is 2.26. The molecule has 0 aliphatic rings. The Bertz CT molecular complexity index is 1620. The van der Waals surface area contributed by atoms with Crippen molar-refractivity contribution in [1.29, 1.82) is 0 Å². The van der Waals surface area contributed by atoms with E-state index < -0.39 is 0 Å². The summed E-state index contributed by atoms with van der Waals surface area (Å²) in [6, 6.07) is 40.3. The fourth-order valence-electron chi connectivity index (χ4n) is 4.60. The smallest absolute Gasteiger partial charge is 0.409 e. The van der Waals surface area contributed by atoms with Crippen LogP contribution in [0.25, 0.3) is 32.4 Å². The van der Waals surface area contributed by atoms with Crippen LogP contribution in [0.1, 0.15) is 16.1 Å². The molecule has 0 atom stereocenters.